The summed E-state index contributed by atoms with van der Waals surface area (Å²) in [5, 5.41) is 10.5. The molecule has 1 aliphatic heterocycles. The van der Waals surface area contributed by atoms with Crippen molar-refractivity contribution in [2.45, 2.75) is 76.5 Å². The summed E-state index contributed by atoms with van der Waals surface area (Å²) in [4.78, 5) is 2.63. The molecule has 0 spiro atoms. The Bertz CT molecular complexity index is 1300. The summed E-state index contributed by atoms with van der Waals surface area (Å²) in [6.07, 6.45) is 16.0. The van der Waals surface area contributed by atoms with E-state index in [2.05, 4.69) is 109 Å². The van der Waals surface area contributed by atoms with Crippen molar-refractivity contribution < 1.29 is 0 Å². The number of hydrogen-bond acceptors (Lipinski definition) is 2. The molecule has 1 fully saturated rings. The van der Waals surface area contributed by atoms with Crippen LogP contribution in [0.25, 0.3) is 17.7 Å². The van der Waals surface area contributed by atoms with E-state index in [4.69, 9.17) is 0 Å². The summed E-state index contributed by atoms with van der Waals surface area (Å²) in [6.45, 7) is 5.52. The van der Waals surface area contributed by atoms with Crippen LogP contribution in [0, 0.1) is 11.3 Å². The van der Waals surface area contributed by atoms with Gasteiger partial charge >= 0.3 is 0 Å². The summed E-state index contributed by atoms with van der Waals surface area (Å²) in [5.74, 6) is 0. The minimum Gasteiger partial charge on any atom is -0.303 e. The third kappa shape index (κ3) is 6.48. The zero-order valence-electron chi connectivity index (χ0n) is 24.2. The van der Waals surface area contributed by atoms with Crippen LogP contribution in [-0.4, -0.2) is 24.5 Å². The molecule has 2 nitrogen and oxygen atoms in total. The average Bonchev–Trinajstić information content (AvgIpc) is 3.18. The fraction of sp³-hybridized carbons (Fsp3) is 0.395. The molecule has 1 heterocycles. The fourth-order valence-electron chi connectivity index (χ4n) is 6.72. The zero-order valence-corrected chi connectivity index (χ0v) is 24.2. The fourth-order valence-corrected chi connectivity index (χ4v) is 6.72. The first-order valence-electron chi connectivity index (χ1n) is 15.5. The quantitative estimate of drug-likeness (QED) is 0.181. The Balaban J connectivity index is 1.25. The van der Waals surface area contributed by atoms with Crippen molar-refractivity contribution in [1.29, 1.82) is 5.26 Å². The molecule has 1 saturated heterocycles. The highest BCUT2D eigenvalue weighted by atomic mass is 15.1. The van der Waals surface area contributed by atoms with Crippen molar-refractivity contribution in [3.8, 4) is 6.07 Å². The normalized spacial score (nSPS) is 16.5. The van der Waals surface area contributed by atoms with Gasteiger partial charge in [-0.15, -0.1) is 0 Å². The van der Waals surface area contributed by atoms with E-state index in [0.29, 0.717) is 0 Å². The number of rotatable bonds is 11. The molecular weight excluding hydrogens is 484 g/mol. The first kappa shape index (κ1) is 28.1. The first-order valence-corrected chi connectivity index (χ1v) is 15.5. The van der Waals surface area contributed by atoms with Crippen LogP contribution in [0.1, 0.15) is 98.9 Å². The standard InChI is InChI=1S/C38H44N2/c1-2-3-4-5-13-25-38(30-39,34-17-7-6-8-18-34)26-14-27-40-28-23-33(24-29-40)37-35-19-11-9-15-31(35)21-22-32-16-10-12-20-36(32)37/h6-12,15-22H,2-5,13-14,23-29H2,1H3. The molecule has 1 atom stereocenters. The molecule has 0 amide bonds. The van der Waals surface area contributed by atoms with E-state index in [1.54, 1.807) is 5.57 Å². The molecule has 1 unspecified atom stereocenters. The maximum Gasteiger partial charge on any atom is 0.0822 e. The average molecular weight is 529 g/mol. The van der Waals surface area contributed by atoms with Gasteiger partial charge in [-0.3, -0.25) is 0 Å². The summed E-state index contributed by atoms with van der Waals surface area (Å²) < 4.78 is 0. The highest BCUT2D eigenvalue weighted by Crippen LogP contribution is 2.39. The van der Waals surface area contributed by atoms with E-state index >= 15 is 0 Å². The molecule has 2 aliphatic rings. The van der Waals surface area contributed by atoms with Crippen molar-refractivity contribution >= 4 is 17.7 Å². The molecule has 206 valence electrons. The van der Waals surface area contributed by atoms with Crippen LogP contribution in [0.5, 0.6) is 0 Å². The molecule has 0 N–H and O–H groups in total. The van der Waals surface area contributed by atoms with E-state index < -0.39 is 0 Å². The molecule has 0 saturated carbocycles. The monoisotopic (exact) mass is 528 g/mol. The first-order chi connectivity index (χ1) is 19.7. The molecule has 3 aromatic rings. The van der Waals surface area contributed by atoms with Gasteiger partial charge in [-0.05, 0) is 72.0 Å². The lowest BCUT2D eigenvalue weighted by molar-refractivity contribution is 0.243. The Hall–Kier alpha value is -3.41. The Labute approximate surface area is 242 Å². The molecular formula is C38H44N2. The highest BCUT2D eigenvalue weighted by Gasteiger charge is 2.32. The van der Waals surface area contributed by atoms with Crippen molar-refractivity contribution in [2.24, 2.45) is 0 Å². The van der Waals surface area contributed by atoms with E-state index in [9.17, 15) is 5.26 Å². The number of nitrogens with zero attached hydrogens (tertiary/aromatic N) is 2. The second-order valence-electron chi connectivity index (χ2n) is 11.7. The number of piperidine rings is 1. The maximum absolute atomic E-state index is 10.5. The van der Waals surface area contributed by atoms with E-state index in [-0.39, 0.29) is 5.41 Å². The van der Waals surface area contributed by atoms with Gasteiger partial charge < -0.3 is 4.90 Å². The Morgan fingerprint density at radius 2 is 1.27 bits per heavy atom. The van der Waals surface area contributed by atoms with Gasteiger partial charge in [0.15, 0.2) is 0 Å². The predicted octanol–water partition coefficient (Wildman–Crippen LogP) is 9.67. The number of nitriles is 1. The SMILES string of the molecule is CCCCCCCC(C#N)(CCCN1CCC(=C2c3ccccc3C=Cc3ccccc32)CC1)c1ccccc1. The molecule has 0 bridgehead atoms. The van der Waals surface area contributed by atoms with Crippen LogP contribution in [0.3, 0.4) is 0 Å². The summed E-state index contributed by atoms with van der Waals surface area (Å²) >= 11 is 0. The van der Waals surface area contributed by atoms with Crippen molar-refractivity contribution in [3.05, 3.63) is 112 Å². The number of likely N-dealkylation sites (tertiary alicyclic amines) is 1. The topological polar surface area (TPSA) is 27.0 Å². The Morgan fingerprint density at radius 3 is 1.90 bits per heavy atom. The lowest BCUT2D eigenvalue weighted by Gasteiger charge is -2.32. The van der Waals surface area contributed by atoms with Gasteiger partial charge in [0.2, 0.25) is 0 Å². The number of hydrogen-bond donors (Lipinski definition) is 0. The minimum absolute atomic E-state index is 0.364. The molecule has 0 radical (unpaired) electrons. The zero-order chi connectivity index (χ0) is 27.6. The highest BCUT2D eigenvalue weighted by molar-refractivity contribution is 5.94. The third-order valence-corrected chi connectivity index (χ3v) is 9.04. The maximum atomic E-state index is 10.5. The van der Waals surface area contributed by atoms with Crippen LogP contribution >= 0.6 is 0 Å². The van der Waals surface area contributed by atoms with Gasteiger partial charge in [0.25, 0.3) is 0 Å². The second-order valence-corrected chi connectivity index (χ2v) is 11.7. The van der Waals surface area contributed by atoms with Gasteiger partial charge in [0, 0.05) is 13.1 Å². The molecule has 0 aromatic heterocycles. The number of fused-ring (bicyclic) bond motifs is 2. The molecule has 2 heteroatoms. The van der Waals surface area contributed by atoms with Gasteiger partial charge in [-0.1, -0.05) is 136 Å². The van der Waals surface area contributed by atoms with Crippen molar-refractivity contribution in [2.75, 3.05) is 19.6 Å². The van der Waals surface area contributed by atoms with Crippen LogP contribution in [0.15, 0.2) is 84.4 Å². The van der Waals surface area contributed by atoms with Crippen LogP contribution in [0.4, 0.5) is 0 Å². The molecule has 5 rings (SSSR count). The number of unbranched alkanes of at least 4 members (excludes halogenated alkanes) is 4. The van der Waals surface area contributed by atoms with E-state index in [1.165, 1.54) is 59.1 Å². The predicted molar refractivity (Wildman–Crippen MR) is 170 cm³/mol. The van der Waals surface area contributed by atoms with Crippen LogP contribution < -0.4 is 0 Å². The second kappa shape index (κ2) is 13.8. The lowest BCUT2D eigenvalue weighted by Crippen LogP contribution is -2.33. The minimum atomic E-state index is -0.364. The Kier molecular flexibility index (Phi) is 9.69. The van der Waals surface area contributed by atoms with Gasteiger partial charge in [-0.25, -0.2) is 0 Å². The number of benzene rings is 3. The van der Waals surface area contributed by atoms with Gasteiger partial charge in [-0.2, -0.15) is 5.26 Å². The van der Waals surface area contributed by atoms with Crippen LogP contribution in [0.2, 0.25) is 0 Å². The van der Waals surface area contributed by atoms with E-state index in [0.717, 1.165) is 58.2 Å². The summed E-state index contributed by atoms with van der Waals surface area (Å²) in [5.41, 5.74) is 9.24. The van der Waals surface area contributed by atoms with E-state index in [1.807, 2.05) is 0 Å². The summed E-state index contributed by atoms with van der Waals surface area (Å²) in [6, 6.07) is 31.1. The molecule has 40 heavy (non-hydrogen) atoms. The van der Waals surface area contributed by atoms with Crippen LogP contribution in [-0.2, 0) is 5.41 Å². The van der Waals surface area contributed by atoms with Crippen molar-refractivity contribution in [3.63, 3.8) is 0 Å². The molecule has 1 aliphatic carbocycles. The smallest absolute Gasteiger partial charge is 0.0822 e. The molecule has 3 aromatic carbocycles. The largest absolute Gasteiger partial charge is 0.303 e. The Morgan fingerprint density at radius 1 is 0.700 bits per heavy atom. The lowest BCUT2D eigenvalue weighted by atomic mass is 9.74. The van der Waals surface area contributed by atoms with Gasteiger partial charge in [0.05, 0.1) is 11.5 Å². The summed E-state index contributed by atoms with van der Waals surface area (Å²) in [7, 11) is 0. The van der Waals surface area contributed by atoms with Crippen molar-refractivity contribution in [1.82, 2.24) is 4.90 Å². The van der Waals surface area contributed by atoms with Gasteiger partial charge in [0.1, 0.15) is 0 Å². The third-order valence-electron chi connectivity index (χ3n) is 9.04.